The van der Waals surface area contributed by atoms with Gasteiger partial charge in [-0.15, -0.1) is 11.8 Å². The average Bonchev–Trinajstić information content (AvgIpc) is 2.50. The summed E-state index contributed by atoms with van der Waals surface area (Å²) in [5, 5.41) is 8.77. The van der Waals surface area contributed by atoms with Gasteiger partial charge in [0.05, 0.1) is 11.9 Å². The molecule has 3 N–H and O–H groups in total. The molecule has 1 fully saturated rings. The number of carbonyl (C=O) groups is 2. The first-order valence-corrected chi connectivity index (χ1v) is 5.06. The first kappa shape index (κ1) is 10.3. The van der Waals surface area contributed by atoms with Crippen LogP contribution in [0.2, 0.25) is 0 Å². The lowest BCUT2D eigenvalue weighted by Crippen LogP contribution is -2.48. The lowest BCUT2D eigenvalue weighted by atomic mass is 10.2. The van der Waals surface area contributed by atoms with Gasteiger partial charge >= 0.3 is 5.97 Å². The smallest absolute Gasteiger partial charge is 0.327 e. The zero-order valence-corrected chi connectivity index (χ0v) is 8.08. The Kier molecular flexibility index (Phi) is 3.16. The molecule has 5 nitrogen and oxygen atoms in total. The topological polar surface area (TPSA) is 83.6 Å². The van der Waals surface area contributed by atoms with Gasteiger partial charge in [0.25, 0.3) is 0 Å². The number of carboxylic acids is 1. The van der Waals surface area contributed by atoms with Crippen molar-refractivity contribution in [1.82, 2.24) is 4.90 Å². The summed E-state index contributed by atoms with van der Waals surface area (Å²) in [5.74, 6) is -0.373. The van der Waals surface area contributed by atoms with Crippen LogP contribution in [0.3, 0.4) is 0 Å². The Morgan fingerprint density at radius 3 is 2.77 bits per heavy atom. The number of amides is 1. The number of hydrogen-bond donors (Lipinski definition) is 2. The van der Waals surface area contributed by atoms with E-state index in [1.54, 1.807) is 6.92 Å². The maximum absolute atomic E-state index is 11.4. The fourth-order valence-electron chi connectivity index (χ4n) is 1.13. The van der Waals surface area contributed by atoms with Crippen LogP contribution in [0.4, 0.5) is 0 Å². The van der Waals surface area contributed by atoms with Gasteiger partial charge < -0.3 is 15.7 Å². The van der Waals surface area contributed by atoms with Gasteiger partial charge in [-0.2, -0.15) is 0 Å². The van der Waals surface area contributed by atoms with Crippen LogP contribution in [0.5, 0.6) is 0 Å². The Bertz CT molecular complexity index is 232. The summed E-state index contributed by atoms with van der Waals surface area (Å²) < 4.78 is 0. The van der Waals surface area contributed by atoms with E-state index in [9.17, 15) is 9.59 Å². The molecule has 1 saturated heterocycles. The molecule has 0 bridgehead atoms. The van der Waals surface area contributed by atoms with E-state index in [0.29, 0.717) is 11.6 Å². The summed E-state index contributed by atoms with van der Waals surface area (Å²) in [6.45, 7) is 1.56. The van der Waals surface area contributed by atoms with Crippen molar-refractivity contribution in [1.29, 1.82) is 0 Å². The third-order valence-electron chi connectivity index (χ3n) is 1.84. The molecule has 2 unspecified atom stereocenters. The zero-order chi connectivity index (χ0) is 10.0. The van der Waals surface area contributed by atoms with Crippen LogP contribution in [0.1, 0.15) is 6.92 Å². The van der Waals surface area contributed by atoms with Crippen LogP contribution in [0.25, 0.3) is 0 Å². The summed E-state index contributed by atoms with van der Waals surface area (Å²) in [6.07, 6.45) is 0. The van der Waals surface area contributed by atoms with Crippen molar-refractivity contribution in [2.45, 2.75) is 19.0 Å². The second-order valence-electron chi connectivity index (χ2n) is 2.95. The number of carboxylic acid groups (broad SMARTS) is 1. The van der Waals surface area contributed by atoms with E-state index < -0.39 is 18.1 Å². The Labute approximate surface area is 80.3 Å². The van der Waals surface area contributed by atoms with E-state index in [-0.39, 0.29) is 5.91 Å². The van der Waals surface area contributed by atoms with Crippen LogP contribution in [-0.4, -0.2) is 45.6 Å². The van der Waals surface area contributed by atoms with Crippen LogP contribution in [0.15, 0.2) is 0 Å². The molecule has 0 aromatic heterocycles. The van der Waals surface area contributed by atoms with Crippen molar-refractivity contribution in [3.8, 4) is 0 Å². The number of carbonyl (C=O) groups excluding carboxylic acids is 1. The number of aliphatic carboxylic acids is 1. The minimum Gasteiger partial charge on any atom is -0.480 e. The predicted molar refractivity (Wildman–Crippen MR) is 49.2 cm³/mol. The molecule has 0 aromatic carbocycles. The van der Waals surface area contributed by atoms with Crippen molar-refractivity contribution < 1.29 is 14.7 Å². The predicted octanol–water partition coefficient (Wildman–Crippen LogP) is -0.680. The molecule has 0 spiro atoms. The standard InChI is InChI=1S/C7H12N2O3S/c1-4(8)6(10)9-3-13-2-5(9)7(11)12/h4-5H,2-3,8H2,1H3,(H,11,12). The largest absolute Gasteiger partial charge is 0.480 e. The highest BCUT2D eigenvalue weighted by Crippen LogP contribution is 2.21. The van der Waals surface area contributed by atoms with Crippen molar-refractivity contribution >= 4 is 23.6 Å². The van der Waals surface area contributed by atoms with Gasteiger partial charge in [0.1, 0.15) is 6.04 Å². The Morgan fingerprint density at radius 1 is 1.69 bits per heavy atom. The first-order chi connectivity index (χ1) is 6.04. The Balaban J connectivity index is 2.68. The van der Waals surface area contributed by atoms with E-state index in [2.05, 4.69) is 0 Å². The Morgan fingerprint density at radius 2 is 2.31 bits per heavy atom. The summed E-state index contributed by atoms with van der Waals surface area (Å²) in [4.78, 5) is 23.4. The van der Waals surface area contributed by atoms with E-state index in [1.807, 2.05) is 0 Å². The molecule has 74 valence electrons. The summed E-state index contributed by atoms with van der Waals surface area (Å²) >= 11 is 1.43. The maximum Gasteiger partial charge on any atom is 0.327 e. The molecule has 1 amide bonds. The average molecular weight is 204 g/mol. The van der Waals surface area contributed by atoms with E-state index >= 15 is 0 Å². The summed E-state index contributed by atoms with van der Waals surface area (Å²) in [7, 11) is 0. The molecule has 1 rings (SSSR count). The normalized spacial score (nSPS) is 24.5. The van der Waals surface area contributed by atoms with Crippen LogP contribution in [0, 0.1) is 0 Å². The molecule has 1 aliphatic rings. The molecule has 2 atom stereocenters. The molecule has 6 heteroatoms. The van der Waals surface area contributed by atoms with Crippen molar-refractivity contribution in [3.05, 3.63) is 0 Å². The van der Waals surface area contributed by atoms with Gasteiger partial charge in [0.15, 0.2) is 0 Å². The second kappa shape index (κ2) is 3.97. The van der Waals surface area contributed by atoms with Crippen molar-refractivity contribution in [2.75, 3.05) is 11.6 Å². The molecular formula is C7H12N2O3S. The van der Waals surface area contributed by atoms with Gasteiger partial charge in [-0.05, 0) is 6.92 Å². The highest BCUT2D eigenvalue weighted by Gasteiger charge is 2.35. The molecule has 0 aromatic rings. The molecule has 13 heavy (non-hydrogen) atoms. The molecule has 1 aliphatic heterocycles. The van der Waals surface area contributed by atoms with Crippen molar-refractivity contribution in [2.24, 2.45) is 5.73 Å². The van der Waals surface area contributed by atoms with Crippen LogP contribution < -0.4 is 5.73 Å². The van der Waals surface area contributed by atoms with E-state index in [0.717, 1.165) is 0 Å². The first-order valence-electron chi connectivity index (χ1n) is 3.90. The number of nitrogens with zero attached hydrogens (tertiary/aromatic N) is 1. The lowest BCUT2D eigenvalue weighted by Gasteiger charge is -2.21. The van der Waals surface area contributed by atoms with Gasteiger partial charge in [-0.25, -0.2) is 4.79 Å². The zero-order valence-electron chi connectivity index (χ0n) is 7.27. The molecule has 1 heterocycles. The Hall–Kier alpha value is -0.750. The molecule has 0 aliphatic carbocycles. The molecular weight excluding hydrogens is 192 g/mol. The highest BCUT2D eigenvalue weighted by molar-refractivity contribution is 7.99. The van der Waals surface area contributed by atoms with Crippen molar-refractivity contribution in [3.63, 3.8) is 0 Å². The monoisotopic (exact) mass is 204 g/mol. The quantitative estimate of drug-likeness (QED) is 0.622. The second-order valence-corrected chi connectivity index (χ2v) is 3.95. The van der Waals surface area contributed by atoms with E-state index in [4.69, 9.17) is 10.8 Å². The number of hydrogen-bond acceptors (Lipinski definition) is 4. The van der Waals surface area contributed by atoms with Gasteiger partial charge in [-0.1, -0.05) is 0 Å². The lowest BCUT2D eigenvalue weighted by molar-refractivity contribution is -0.148. The van der Waals surface area contributed by atoms with Crippen LogP contribution in [-0.2, 0) is 9.59 Å². The van der Waals surface area contributed by atoms with Gasteiger partial charge in [-0.3, -0.25) is 4.79 Å². The van der Waals surface area contributed by atoms with Gasteiger partial charge in [0, 0.05) is 5.75 Å². The number of nitrogens with two attached hydrogens (primary N) is 1. The molecule has 0 saturated carbocycles. The fraction of sp³-hybridized carbons (Fsp3) is 0.714. The number of thioether (sulfide) groups is 1. The third kappa shape index (κ3) is 2.13. The summed E-state index contributed by atoms with van der Waals surface area (Å²) in [5.41, 5.74) is 5.38. The minimum absolute atomic E-state index is 0.294. The highest BCUT2D eigenvalue weighted by atomic mass is 32.2. The fourth-order valence-corrected chi connectivity index (χ4v) is 2.28. The summed E-state index contributed by atoms with van der Waals surface area (Å²) in [6, 6.07) is -1.33. The van der Waals surface area contributed by atoms with E-state index in [1.165, 1.54) is 16.7 Å². The molecule has 0 radical (unpaired) electrons. The minimum atomic E-state index is -0.959. The third-order valence-corrected chi connectivity index (χ3v) is 2.85. The van der Waals surface area contributed by atoms with Gasteiger partial charge in [0.2, 0.25) is 5.91 Å². The SMILES string of the molecule is CC(N)C(=O)N1CSCC1C(=O)O. The van der Waals surface area contributed by atoms with Crippen LogP contribution >= 0.6 is 11.8 Å². The maximum atomic E-state index is 11.4. The number of rotatable bonds is 2.